The first-order chi connectivity index (χ1) is 14.1. The molecule has 0 aromatic heterocycles. The first kappa shape index (κ1) is 20.9. The van der Waals surface area contributed by atoms with E-state index in [-0.39, 0.29) is 6.04 Å². The lowest BCUT2D eigenvalue weighted by atomic mass is 10.0. The van der Waals surface area contributed by atoms with Crippen LogP contribution in [0.2, 0.25) is 0 Å². The topological polar surface area (TPSA) is 24.5 Å². The van der Waals surface area contributed by atoms with Crippen LogP contribution in [0.15, 0.2) is 78.9 Å². The number of para-hydroxylation sites is 1. The summed E-state index contributed by atoms with van der Waals surface area (Å²) in [6.45, 7) is 5.20. The highest BCUT2D eigenvalue weighted by Gasteiger charge is 2.17. The fourth-order valence-corrected chi connectivity index (χ4v) is 3.94. The molecule has 150 valence electrons. The van der Waals surface area contributed by atoms with E-state index in [0.29, 0.717) is 0 Å². The number of hydrogen-bond acceptors (Lipinski definition) is 2. The average molecular weight is 405 g/mol. The van der Waals surface area contributed by atoms with Gasteiger partial charge in [0.15, 0.2) is 5.11 Å². The van der Waals surface area contributed by atoms with Crippen LogP contribution < -0.4 is 10.1 Å². The molecular weight excluding hydrogens is 376 g/mol. The minimum absolute atomic E-state index is 0.275. The van der Waals surface area contributed by atoms with Gasteiger partial charge in [0.05, 0.1) is 7.11 Å². The Morgan fingerprint density at radius 1 is 0.966 bits per heavy atom. The van der Waals surface area contributed by atoms with Gasteiger partial charge in [0, 0.05) is 23.8 Å². The molecule has 3 aromatic rings. The van der Waals surface area contributed by atoms with Gasteiger partial charge in [-0.3, -0.25) is 0 Å². The first-order valence-corrected chi connectivity index (χ1v) is 10.4. The van der Waals surface area contributed by atoms with Crippen molar-refractivity contribution in [2.45, 2.75) is 26.3 Å². The molecule has 0 bridgehead atoms. The van der Waals surface area contributed by atoms with Crippen molar-refractivity contribution in [3.8, 4) is 16.9 Å². The van der Waals surface area contributed by atoms with E-state index in [1.807, 2.05) is 24.3 Å². The summed E-state index contributed by atoms with van der Waals surface area (Å²) in [6, 6.07) is 27.2. The molecule has 0 aliphatic heterocycles. The molecule has 0 heterocycles. The number of anilines is 1. The fraction of sp³-hybridized carbons (Fsp3) is 0.240. The molecule has 0 saturated carbocycles. The van der Waals surface area contributed by atoms with Crippen molar-refractivity contribution < 1.29 is 4.74 Å². The van der Waals surface area contributed by atoms with Crippen LogP contribution in [0.5, 0.6) is 5.75 Å². The van der Waals surface area contributed by atoms with E-state index in [2.05, 4.69) is 78.7 Å². The maximum atomic E-state index is 5.79. The maximum Gasteiger partial charge on any atom is 0.173 e. The Morgan fingerprint density at radius 3 is 2.28 bits per heavy atom. The average Bonchev–Trinajstić information content (AvgIpc) is 2.76. The molecule has 0 fully saturated rings. The lowest BCUT2D eigenvalue weighted by Gasteiger charge is -2.31. The Bertz CT molecular complexity index is 925. The van der Waals surface area contributed by atoms with Crippen LogP contribution in [-0.2, 0) is 6.42 Å². The van der Waals surface area contributed by atoms with Crippen molar-refractivity contribution in [3.63, 3.8) is 0 Å². The zero-order valence-electron chi connectivity index (χ0n) is 17.3. The summed E-state index contributed by atoms with van der Waals surface area (Å²) in [5.41, 5.74) is 4.62. The van der Waals surface area contributed by atoms with Crippen LogP contribution in [0.3, 0.4) is 0 Å². The third kappa shape index (κ3) is 5.36. The third-order valence-electron chi connectivity index (χ3n) is 5.08. The maximum absolute atomic E-state index is 5.79. The van der Waals surface area contributed by atoms with Gasteiger partial charge in [-0.05, 0) is 61.8 Å². The van der Waals surface area contributed by atoms with Crippen molar-refractivity contribution in [1.29, 1.82) is 0 Å². The summed E-state index contributed by atoms with van der Waals surface area (Å²) in [5, 5.41) is 4.23. The molecule has 0 saturated heterocycles. The predicted octanol–water partition coefficient (Wildman–Crippen LogP) is 6.01. The van der Waals surface area contributed by atoms with Crippen molar-refractivity contribution in [2.75, 3.05) is 19.0 Å². The monoisotopic (exact) mass is 404 g/mol. The number of methoxy groups -OCH3 is 1. The molecule has 0 amide bonds. The number of nitrogens with zero attached hydrogens (tertiary/aromatic N) is 1. The van der Waals surface area contributed by atoms with Gasteiger partial charge in [0.2, 0.25) is 0 Å². The summed E-state index contributed by atoms with van der Waals surface area (Å²) in [5.74, 6) is 0.878. The van der Waals surface area contributed by atoms with E-state index < -0.39 is 0 Å². The Kier molecular flexibility index (Phi) is 7.25. The van der Waals surface area contributed by atoms with Gasteiger partial charge in [0.25, 0.3) is 0 Å². The fourth-order valence-electron chi connectivity index (χ4n) is 3.52. The molecule has 1 N–H and O–H groups in total. The van der Waals surface area contributed by atoms with Crippen molar-refractivity contribution >= 4 is 23.0 Å². The lowest BCUT2D eigenvalue weighted by Crippen LogP contribution is -2.42. The zero-order valence-corrected chi connectivity index (χ0v) is 18.1. The van der Waals surface area contributed by atoms with E-state index in [0.717, 1.165) is 35.1 Å². The second-order valence-electron chi connectivity index (χ2n) is 7.03. The molecule has 0 aliphatic carbocycles. The van der Waals surface area contributed by atoms with Crippen LogP contribution in [0.25, 0.3) is 11.1 Å². The molecule has 1 unspecified atom stereocenters. The minimum atomic E-state index is 0.275. The Hall–Kier alpha value is -2.85. The zero-order chi connectivity index (χ0) is 20.6. The number of benzene rings is 3. The van der Waals surface area contributed by atoms with Crippen molar-refractivity contribution in [3.05, 3.63) is 84.4 Å². The highest BCUT2D eigenvalue weighted by molar-refractivity contribution is 7.80. The number of rotatable bonds is 7. The molecular formula is C25H28N2OS. The Labute approximate surface area is 179 Å². The largest absolute Gasteiger partial charge is 0.497 e. The Morgan fingerprint density at radius 2 is 1.62 bits per heavy atom. The molecule has 3 rings (SSSR count). The number of ether oxygens (including phenoxy) is 1. The summed E-state index contributed by atoms with van der Waals surface area (Å²) in [4.78, 5) is 2.24. The molecule has 29 heavy (non-hydrogen) atoms. The predicted molar refractivity (Wildman–Crippen MR) is 127 cm³/mol. The van der Waals surface area contributed by atoms with Gasteiger partial charge in [-0.25, -0.2) is 0 Å². The van der Waals surface area contributed by atoms with Gasteiger partial charge >= 0.3 is 0 Å². The van der Waals surface area contributed by atoms with E-state index in [1.54, 1.807) is 7.11 Å². The quantitative estimate of drug-likeness (QED) is 0.487. The number of nitrogens with one attached hydrogen (secondary N) is 1. The van der Waals surface area contributed by atoms with Crippen LogP contribution >= 0.6 is 12.2 Å². The highest BCUT2D eigenvalue weighted by atomic mass is 32.1. The molecule has 0 spiro atoms. The highest BCUT2D eigenvalue weighted by Crippen LogP contribution is 2.28. The van der Waals surface area contributed by atoms with E-state index in [9.17, 15) is 0 Å². The smallest absolute Gasteiger partial charge is 0.173 e. The van der Waals surface area contributed by atoms with Gasteiger partial charge in [0.1, 0.15) is 5.75 Å². The molecule has 0 aliphatic rings. The van der Waals surface area contributed by atoms with Gasteiger partial charge < -0.3 is 15.0 Å². The van der Waals surface area contributed by atoms with E-state index >= 15 is 0 Å². The van der Waals surface area contributed by atoms with Crippen LogP contribution in [0.1, 0.15) is 19.4 Å². The lowest BCUT2D eigenvalue weighted by molar-refractivity contribution is 0.347. The second-order valence-corrected chi connectivity index (χ2v) is 7.42. The molecule has 4 heteroatoms. The molecule has 0 radical (unpaired) electrons. The standard InChI is InChI=1S/C25H28N2OS/c1-4-27(19(2)18-20-14-16-22(28-3)17-15-20)25(29)26-24-13-9-8-12-23(24)21-10-6-5-7-11-21/h5-17,19H,4,18H2,1-3H3,(H,26,29). The number of hydrogen-bond donors (Lipinski definition) is 1. The third-order valence-corrected chi connectivity index (χ3v) is 5.41. The SMILES string of the molecule is CCN(C(=S)Nc1ccccc1-c1ccccc1)C(C)Cc1ccc(OC)cc1. The van der Waals surface area contributed by atoms with Crippen molar-refractivity contribution in [1.82, 2.24) is 4.90 Å². The minimum Gasteiger partial charge on any atom is -0.497 e. The van der Waals surface area contributed by atoms with Crippen LogP contribution in [0.4, 0.5) is 5.69 Å². The van der Waals surface area contributed by atoms with E-state index in [4.69, 9.17) is 17.0 Å². The first-order valence-electron chi connectivity index (χ1n) is 9.97. The normalized spacial score (nSPS) is 11.6. The summed E-state index contributed by atoms with van der Waals surface area (Å²) in [7, 11) is 1.69. The number of likely N-dealkylation sites (N-methyl/N-ethyl adjacent to an activating group) is 1. The number of thiocarbonyl (C=S) groups is 1. The summed E-state index contributed by atoms with van der Waals surface area (Å²) >= 11 is 5.79. The second kappa shape index (κ2) is 10.1. The van der Waals surface area contributed by atoms with Gasteiger partial charge in [-0.1, -0.05) is 60.7 Å². The van der Waals surface area contributed by atoms with Crippen LogP contribution in [-0.4, -0.2) is 29.7 Å². The van der Waals surface area contributed by atoms with Crippen molar-refractivity contribution in [2.24, 2.45) is 0 Å². The summed E-state index contributed by atoms with van der Waals surface area (Å²) < 4.78 is 5.25. The summed E-state index contributed by atoms with van der Waals surface area (Å²) in [6.07, 6.45) is 0.917. The molecule has 3 nitrogen and oxygen atoms in total. The Balaban J connectivity index is 1.73. The van der Waals surface area contributed by atoms with Gasteiger partial charge in [-0.15, -0.1) is 0 Å². The molecule has 3 aromatic carbocycles. The van der Waals surface area contributed by atoms with E-state index in [1.165, 1.54) is 11.1 Å². The van der Waals surface area contributed by atoms with Crippen LogP contribution in [0, 0.1) is 0 Å². The van der Waals surface area contributed by atoms with Gasteiger partial charge in [-0.2, -0.15) is 0 Å². The molecule has 1 atom stereocenters.